The van der Waals surface area contributed by atoms with Crippen molar-refractivity contribution in [1.82, 2.24) is 4.98 Å². The summed E-state index contributed by atoms with van der Waals surface area (Å²) >= 11 is 5.71. The Kier molecular flexibility index (Phi) is 2.23. The van der Waals surface area contributed by atoms with E-state index in [1.807, 2.05) is 0 Å². The predicted octanol–water partition coefficient (Wildman–Crippen LogP) is 2.61. The Balaban J connectivity index is 2.56. The second-order valence-electron chi connectivity index (χ2n) is 3.07. The van der Waals surface area contributed by atoms with Crippen LogP contribution in [0.2, 0.25) is 5.15 Å². The van der Waals surface area contributed by atoms with Gasteiger partial charge in [0.1, 0.15) is 10.9 Å². The van der Waals surface area contributed by atoms with Gasteiger partial charge in [0.05, 0.1) is 6.54 Å². The van der Waals surface area contributed by atoms with Crippen LogP contribution in [-0.4, -0.2) is 17.1 Å². The van der Waals surface area contributed by atoms with Crippen LogP contribution in [0, 0.1) is 6.92 Å². The number of fused-ring (bicyclic) bond motifs is 1. The zero-order chi connectivity index (χ0) is 10.3. The Morgan fingerprint density at radius 2 is 2.21 bits per heavy atom. The molecule has 0 radical (unpaired) electrons. The van der Waals surface area contributed by atoms with Gasteiger partial charge in [0.15, 0.2) is 0 Å². The number of aromatic nitrogens is 1. The van der Waals surface area contributed by atoms with Gasteiger partial charge < -0.3 is 0 Å². The Morgan fingerprint density at radius 1 is 1.50 bits per heavy atom. The van der Waals surface area contributed by atoms with Crippen LogP contribution in [0.25, 0.3) is 0 Å². The number of hydrogen-bond donors (Lipinski definition) is 0. The number of nitrogens with zero attached hydrogens (tertiary/aromatic N) is 2. The summed E-state index contributed by atoms with van der Waals surface area (Å²) in [7, 11) is 0. The summed E-state index contributed by atoms with van der Waals surface area (Å²) in [5, 5.41) is 0.326. The van der Waals surface area contributed by atoms with Gasteiger partial charge in [-0.25, -0.2) is 13.8 Å². The maximum atomic E-state index is 12.5. The van der Waals surface area contributed by atoms with Crippen molar-refractivity contribution in [3.8, 4) is 0 Å². The zero-order valence-electron chi connectivity index (χ0n) is 7.39. The molecule has 0 unspecified atom stereocenters. The third kappa shape index (κ3) is 1.39. The van der Waals surface area contributed by atoms with Crippen LogP contribution < -0.4 is 0 Å². The van der Waals surface area contributed by atoms with E-state index in [4.69, 9.17) is 11.6 Å². The zero-order valence-corrected chi connectivity index (χ0v) is 8.15. The average Bonchev–Trinajstić information content (AvgIpc) is 2.47. The lowest BCUT2D eigenvalue weighted by atomic mass is 10.1. The highest BCUT2D eigenvalue weighted by atomic mass is 35.5. The van der Waals surface area contributed by atoms with Crippen molar-refractivity contribution < 1.29 is 8.78 Å². The molecule has 0 aromatic carbocycles. The molecule has 0 saturated heterocycles. The standard InChI is InChI=1S/C9H7ClF2N2/c1-4-7-5(2-6(10)14-4)3-13-8(7)9(11)12/h2,9H,3H2,1H3. The highest BCUT2D eigenvalue weighted by molar-refractivity contribution is 6.29. The Labute approximate surface area is 84.6 Å². The number of alkyl halides is 2. The lowest BCUT2D eigenvalue weighted by Crippen LogP contribution is -2.12. The van der Waals surface area contributed by atoms with E-state index in [-0.39, 0.29) is 12.3 Å². The first-order valence-electron chi connectivity index (χ1n) is 4.08. The van der Waals surface area contributed by atoms with Gasteiger partial charge in [-0.1, -0.05) is 11.6 Å². The highest BCUT2D eigenvalue weighted by Gasteiger charge is 2.26. The van der Waals surface area contributed by atoms with Crippen molar-refractivity contribution in [3.63, 3.8) is 0 Å². The molecular formula is C9H7ClF2N2. The smallest absolute Gasteiger partial charge is 0.278 e. The molecule has 0 spiro atoms. The molecule has 0 bridgehead atoms. The third-order valence-electron chi connectivity index (χ3n) is 2.13. The molecule has 0 fully saturated rings. The van der Waals surface area contributed by atoms with Crippen LogP contribution in [0.5, 0.6) is 0 Å². The van der Waals surface area contributed by atoms with Crippen molar-refractivity contribution in [2.45, 2.75) is 19.9 Å². The summed E-state index contributed by atoms with van der Waals surface area (Å²) < 4.78 is 25.0. The molecule has 74 valence electrons. The molecule has 0 saturated carbocycles. The Bertz CT molecular complexity index is 416. The van der Waals surface area contributed by atoms with E-state index in [0.717, 1.165) is 5.56 Å². The van der Waals surface area contributed by atoms with Crippen molar-refractivity contribution in [1.29, 1.82) is 0 Å². The maximum Gasteiger partial charge on any atom is 0.280 e. The first kappa shape index (κ1) is 9.52. The van der Waals surface area contributed by atoms with Crippen molar-refractivity contribution in [3.05, 3.63) is 28.0 Å². The lowest BCUT2D eigenvalue weighted by Gasteiger charge is -2.06. The van der Waals surface area contributed by atoms with Crippen LogP contribution >= 0.6 is 11.6 Å². The van der Waals surface area contributed by atoms with Gasteiger partial charge in [-0.15, -0.1) is 0 Å². The fourth-order valence-corrected chi connectivity index (χ4v) is 1.86. The summed E-state index contributed by atoms with van der Waals surface area (Å²) in [6, 6.07) is 1.59. The van der Waals surface area contributed by atoms with Crippen LogP contribution in [0.4, 0.5) is 8.78 Å². The summed E-state index contributed by atoms with van der Waals surface area (Å²) in [6.07, 6.45) is -2.54. The normalized spacial score (nSPS) is 14.5. The average molecular weight is 217 g/mol. The molecular weight excluding hydrogens is 210 g/mol. The van der Waals surface area contributed by atoms with Gasteiger partial charge in [0, 0.05) is 11.3 Å². The molecule has 0 atom stereocenters. The van der Waals surface area contributed by atoms with Crippen molar-refractivity contribution in [2.24, 2.45) is 4.99 Å². The molecule has 14 heavy (non-hydrogen) atoms. The third-order valence-corrected chi connectivity index (χ3v) is 2.33. The molecule has 2 rings (SSSR count). The van der Waals surface area contributed by atoms with Gasteiger partial charge >= 0.3 is 0 Å². The van der Waals surface area contributed by atoms with Crippen LogP contribution in [0.3, 0.4) is 0 Å². The minimum absolute atomic E-state index is 0.165. The van der Waals surface area contributed by atoms with Gasteiger partial charge in [-0.3, -0.25) is 4.99 Å². The molecule has 1 aliphatic heterocycles. The fourth-order valence-electron chi connectivity index (χ4n) is 1.60. The first-order valence-corrected chi connectivity index (χ1v) is 4.46. The molecule has 1 aromatic heterocycles. The van der Waals surface area contributed by atoms with E-state index >= 15 is 0 Å². The molecule has 5 heteroatoms. The minimum atomic E-state index is -2.54. The van der Waals surface area contributed by atoms with E-state index in [0.29, 0.717) is 16.4 Å². The molecule has 0 N–H and O–H groups in total. The van der Waals surface area contributed by atoms with Gasteiger partial charge in [0.25, 0.3) is 6.43 Å². The SMILES string of the molecule is Cc1nc(Cl)cc2c1C(C(F)F)=NC2. The van der Waals surface area contributed by atoms with E-state index in [1.165, 1.54) is 0 Å². The van der Waals surface area contributed by atoms with Crippen LogP contribution in [-0.2, 0) is 6.54 Å². The topological polar surface area (TPSA) is 25.2 Å². The summed E-state index contributed by atoms with van der Waals surface area (Å²) in [5.41, 5.74) is 1.55. The first-order chi connectivity index (χ1) is 6.59. The molecule has 1 aromatic rings. The number of hydrogen-bond acceptors (Lipinski definition) is 2. The van der Waals surface area contributed by atoms with Gasteiger partial charge in [0.2, 0.25) is 0 Å². The minimum Gasteiger partial charge on any atom is -0.278 e. The largest absolute Gasteiger partial charge is 0.280 e. The predicted molar refractivity (Wildman–Crippen MR) is 50.2 cm³/mol. The molecule has 0 aliphatic carbocycles. The van der Waals surface area contributed by atoms with Gasteiger partial charge in [-0.05, 0) is 18.6 Å². The Morgan fingerprint density at radius 3 is 2.86 bits per heavy atom. The number of pyridine rings is 1. The van der Waals surface area contributed by atoms with Crippen LogP contribution in [0.1, 0.15) is 16.8 Å². The summed E-state index contributed by atoms with van der Waals surface area (Å²) in [6.45, 7) is 1.94. The second-order valence-corrected chi connectivity index (χ2v) is 3.45. The lowest BCUT2D eigenvalue weighted by molar-refractivity contribution is 0.226. The van der Waals surface area contributed by atoms with Crippen molar-refractivity contribution >= 4 is 17.3 Å². The quantitative estimate of drug-likeness (QED) is 0.663. The number of aryl methyl sites for hydroxylation is 1. The van der Waals surface area contributed by atoms with Crippen molar-refractivity contribution in [2.75, 3.05) is 0 Å². The molecule has 1 aliphatic rings. The highest BCUT2D eigenvalue weighted by Crippen LogP contribution is 2.26. The fraction of sp³-hybridized carbons (Fsp3) is 0.333. The van der Waals surface area contributed by atoms with E-state index in [2.05, 4.69) is 9.98 Å². The maximum absolute atomic E-state index is 12.5. The molecule has 2 nitrogen and oxygen atoms in total. The van der Waals surface area contributed by atoms with E-state index in [1.54, 1.807) is 13.0 Å². The second kappa shape index (κ2) is 3.28. The summed E-state index contributed by atoms with van der Waals surface area (Å²) in [5.74, 6) is 0. The number of halogens is 3. The monoisotopic (exact) mass is 216 g/mol. The number of rotatable bonds is 1. The Hall–Kier alpha value is -1.03. The van der Waals surface area contributed by atoms with E-state index in [9.17, 15) is 8.78 Å². The van der Waals surface area contributed by atoms with Gasteiger partial charge in [-0.2, -0.15) is 0 Å². The molecule has 0 amide bonds. The molecule has 2 heterocycles. The summed E-state index contributed by atoms with van der Waals surface area (Å²) in [4.78, 5) is 7.70. The number of aliphatic imine (C=N–C) groups is 1. The van der Waals surface area contributed by atoms with E-state index < -0.39 is 6.43 Å². The van der Waals surface area contributed by atoms with Crippen LogP contribution in [0.15, 0.2) is 11.1 Å².